The number of nitrogens with one attached hydrogen (secondary N) is 2. The monoisotopic (exact) mass is 290 g/mol. The molecule has 2 unspecified atom stereocenters. The minimum absolute atomic E-state index is 0.204. The van der Waals surface area contributed by atoms with Crippen molar-refractivity contribution in [3.63, 3.8) is 0 Å². The van der Waals surface area contributed by atoms with E-state index in [1.54, 1.807) is 0 Å². The molecule has 5 aliphatic rings. The maximum atomic E-state index is 12.6. The second-order valence-corrected chi connectivity index (χ2v) is 8.55. The summed E-state index contributed by atoms with van der Waals surface area (Å²) in [7, 11) is 0. The molecule has 2 atom stereocenters. The summed E-state index contributed by atoms with van der Waals surface area (Å²) in [5.74, 6) is 3.41. The molecular formula is C18H30N2O. The van der Waals surface area contributed by atoms with Crippen LogP contribution in [0.1, 0.15) is 58.3 Å². The third kappa shape index (κ3) is 2.52. The molecule has 1 saturated heterocycles. The number of carbonyl (C=O) groups excluding carboxylic acids is 1. The van der Waals surface area contributed by atoms with Gasteiger partial charge in [0.1, 0.15) is 0 Å². The molecule has 2 N–H and O–H groups in total. The summed E-state index contributed by atoms with van der Waals surface area (Å²) in [4.78, 5) is 12.6. The number of amides is 1. The zero-order valence-corrected chi connectivity index (χ0v) is 13.4. The highest BCUT2D eigenvalue weighted by atomic mass is 16.2. The van der Waals surface area contributed by atoms with Crippen LogP contribution in [-0.2, 0) is 4.79 Å². The predicted octanol–water partition coefficient (Wildman–Crippen LogP) is 2.71. The van der Waals surface area contributed by atoms with Gasteiger partial charge in [-0.25, -0.2) is 0 Å². The molecule has 3 nitrogen and oxygen atoms in total. The molecule has 5 rings (SSSR count). The first-order valence-corrected chi connectivity index (χ1v) is 9.16. The van der Waals surface area contributed by atoms with Crippen molar-refractivity contribution < 1.29 is 4.79 Å². The molecular weight excluding hydrogens is 260 g/mol. The van der Waals surface area contributed by atoms with Crippen molar-refractivity contribution >= 4 is 5.91 Å². The zero-order chi connectivity index (χ0) is 14.4. The third-order valence-electron chi connectivity index (χ3n) is 7.03. The molecule has 4 saturated carbocycles. The van der Waals surface area contributed by atoms with E-state index in [0.29, 0.717) is 17.4 Å². The van der Waals surface area contributed by atoms with E-state index in [0.717, 1.165) is 43.7 Å². The summed E-state index contributed by atoms with van der Waals surface area (Å²) in [6.45, 7) is 4.25. The number of piperidine rings is 1. The highest BCUT2D eigenvalue weighted by molar-refractivity contribution is 5.79. The lowest BCUT2D eigenvalue weighted by Gasteiger charge is -2.59. The van der Waals surface area contributed by atoms with Crippen LogP contribution in [0.3, 0.4) is 0 Å². The van der Waals surface area contributed by atoms with Crippen molar-refractivity contribution in [2.75, 3.05) is 13.1 Å². The Labute approximate surface area is 128 Å². The topological polar surface area (TPSA) is 41.1 Å². The summed E-state index contributed by atoms with van der Waals surface area (Å²) in [6, 6.07) is 0.375. The molecule has 1 amide bonds. The van der Waals surface area contributed by atoms with Crippen molar-refractivity contribution in [3.8, 4) is 0 Å². The Morgan fingerprint density at radius 2 is 1.76 bits per heavy atom. The maximum Gasteiger partial charge on any atom is 0.224 e. The first-order chi connectivity index (χ1) is 10.1. The van der Waals surface area contributed by atoms with Crippen molar-refractivity contribution in [1.82, 2.24) is 10.6 Å². The van der Waals surface area contributed by atoms with Crippen LogP contribution in [0.2, 0.25) is 0 Å². The number of hydrogen-bond acceptors (Lipinski definition) is 2. The largest absolute Gasteiger partial charge is 0.353 e. The molecule has 1 heterocycles. The van der Waals surface area contributed by atoms with E-state index in [2.05, 4.69) is 17.6 Å². The molecule has 0 aromatic heterocycles. The molecule has 3 heteroatoms. The van der Waals surface area contributed by atoms with Crippen LogP contribution >= 0.6 is 0 Å². The fraction of sp³-hybridized carbons (Fsp3) is 0.944. The van der Waals surface area contributed by atoms with Gasteiger partial charge >= 0.3 is 0 Å². The molecule has 4 bridgehead atoms. The highest BCUT2D eigenvalue weighted by Crippen LogP contribution is 2.61. The third-order valence-corrected chi connectivity index (χ3v) is 7.03. The summed E-state index contributed by atoms with van der Waals surface area (Å²) in [5.41, 5.74) is 0.437. The standard InChI is InChI=1S/C18H30N2O/c1-12(20-17(21)16-3-2-4-19-11-16)18-8-13-5-14(9-18)7-15(6-13)10-18/h12-16,19H,2-11H2,1H3,(H,20,21). The van der Waals surface area contributed by atoms with Crippen LogP contribution in [0.5, 0.6) is 0 Å². The van der Waals surface area contributed by atoms with Gasteiger partial charge in [0.05, 0.1) is 5.92 Å². The second-order valence-electron chi connectivity index (χ2n) is 8.55. The van der Waals surface area contributed by atoms with Gasteiger partial charge in [0, 0.05) is 12.6 Å². The fourth-order valence-corrected chi connectivity index (χ4v) is 6.27. The van der Waals surface area contributed by atoms with Gasteiger partial charge < -0.3 is 10.6 Å². The fourth-order valence-electron chi connectivity index (χ4n) is 6.27. The van der Waals surface area contributed by atoms with Crippen LogP contribution in [-0.4, -0.2) is 25.0 Å². The van der Waals surface area contributed by atoms with Crippen molar-refractivity contribution in [3.05, 3.63) is 0 Å². The first-order valence-electron chi connectivity index (χ1n) is 9.16. The van der Waals surface area contributed by atoms with Crippen LogP contribution in [0.4, 0.5) is 0 Å². The Morgan fingerprint density at radius 3 is 2.29 bits per heavy atom. The minimum atomic E-state index is 0.204. The lowest BCUT2D eigenvalue weighted by atomic mass is 9.48. The average Bonchev–Trinajstić information content (AvgIpc) is 2.46. The van der Waals surface area contributed by atoms with Gasteiger partial charge in [-0.1, -0.05) is 0 Å². The molecule has 1 aliphatic heterocycles. The molecule has 118 valence electrons. The summed E-state index contributed by atoms with van der Waals surface area (Å²) < 4.78 is 0. The second kappa shape index (κ2) is 5.26. The van der Waals surface area contributed by atoms with E-state index in [1.165, 1.54) is 38.5 Å². The molecule has 0 aromatic rings. The van der Waals surface area contributed by atoms with E-state index >= 15 is 0 Å². The lowest BCUT2D eigenvalue weighted by molar-refractivity contribution is -0.130. The van der Waals surface area contributed by atoms with Gasteiger partial charge in [0.15, 0.2) is 0 Å². The molecule has 0 aromatic carbocycles. The first kappa shape index (κ1) is 14.0. The zero-order valence-electron chi connectivity index (χ0n) is 13.4. The van der Waals surface area contributed by atoms with Crippen molar-refractivity contribution in [2.24, 2.45) is 29.1 Å². The maximum absolute atomic E-state index is 12.6. The van der Waals surface area contributed by atoms with Crippen LogP contribution in [0.25, 0.3) is 0 Å². The Bertz CT molecular complexity index is 378. The quantitative estimate of drug-likeness (QED) is 0.839. The Morgan fingerprint density at radius 1 is 1.14 bits per heavy atom. The lowest BCUT2D eigenvalue weighted by Crippen LogP contribution is -2.57. The number of carbonyl (C=O) groups is 1. The van der Waals surface area contributed by atoms with Crippen LogP contribution in [0, 0.1) is 29.1 Å². The molecule has 5 fully saturated rings. The normalized spacial score (nSPS) is 46.3. The van der Waals surface area contributed by atoms with E-state index < -0.39 is 0 Å². The SMILES string of the molecule is CC(NC(=O)C1CCCNC1)C12CC3CC(CC(C3)C1)C2. The smallest absolute Gasteiger partial charge is 0.224 e. The predicted molar refractivity (Wildman–Crippen MR) is 83.8 cm³/mol. The Kier molecular flexibility index (Phi) is 3.52. The van der Waals surface area contributed by atoms with Gasteiger partial charge in [-0.2, -0.15) is 0 Å². The van der Waals surface area contributed by atoms with Gasteiger partial charge in [-0.05, 0) is 88.0 Å². The van der Waals surface area contributed by atoms with Gasteiger partial charge in [0.2, 0.25) is 5.91 Å². The van der Waals surface area contributed by atoms with Crippen LogP contribution < -0.4 is 10.6 Å². The van der Waals surface area contributed by atoms with Gasteiger partial charge in [-0.3, -0.25) is 4.79 Å². The van der Waals surface area contributed by atoms with Crippen LogP contribution in [0.15, 0.2) is 0 Å². The van der Waals surface area contributed by atoms with E-state index in [1.807, 2.05) is 0 Å². The van der Waals surface area contributed by atoms with E-state index in [4.69, 9.17) is 0 Å². The summed E-state index contributed by atoms with van der Waals surface area (Å²) in [6.07, 6.45) is 10.8. The van der Waals surface area contributed by atoms with Gasteiger partial charge in [-0.15, -0.1) is 0 Å². The summed E-state index contributed by atoms with van der Waals surface area (Å²) in [5, 5.41) is 6.79. The van der Waals surface area contributed by atoms with E-state index in [-0.39, 0.29) is 5.92 Å². The minimum Gasteiger partial charge on any atom is -0.353 e. The Balaban J connectivity index is 1.42. The summed E-state index contributed by atoms with van der Waals surface area (Å²) >= 11 is 0. The van der Waals surface area contributed by atoms with Crippen molar-refractivity contribution in [2.45, 2.75) is 64.3 Å². The Hall–Kier alpha value is -0.570. The van der Waals surface area contributed by atoms with Gasteiger partial charge in [0.25, 0.3) is 0 Å². The van der Waals surface area contributed by atoms with Crippen molar-refractivity contribution in [1.29, 1.82) is 0 Å². The number of hydrogen-bond donors (Lipinski definition) is 2. The molecule has 21 heavy (non-hydrogen) atoms. The van der Waals surface area contributed by atoms with E-state index in [9.17, 15) is 4.79 Å². The molecule has 0 radical (unpaired) electrons. The molecule has 0 spiro atoms. The molecule has 4 aliphatic carbocycles. The average molecular weight is 290 g/mol. The number of rotatable bonds is 3. The highest BCUT2D eigenvalue weighted by Gasteiger charge is 2.53.